The highest BCUT2D eigenvalue weighted by Gasteiger charge is 2.09. The molecule has 0 saturated carbocycles. The summed E-state index contributed by atoms with van der Waals surface area (Å²) in [6.07, 6.45) is 5.55. The Kier molecular flexibility index (Phi) is 3.75. The molecule has 4 N–H and O–H groups in total. The van der Waals surface area contributed by atoms with E-state index in [4.69, 9.17) is 5.84 Å². The monoisotopic (exact) mass is 309 g/mol. The van der Waals surface area contributed by atoms with Gasteiger partial charge in [-0.2, -0.15) is 0 Å². The maximum Gasteiger partial charge on any atom is 0.277 e. The smallest absolute Gasteiger partial charge is 0.277 e. The second-order valence-corrected chi connectivity index (χ2v) is 3.92. The molecule has 0 bridgehead atoms. The molecule has 9 heteroatoms. The zero-order valence-electron chi connectivity index (χ0n) is 8.96. The van der Waals surface area contributed by atoms with E-state index in [2.05, 4.69) is 46.6 Å². The lowest BCUT2D eigenvalue weighted by Crippen LogP contribution is -2.16. The fourth-order valence-electron chi connectivity index (χ4n) is 1.08. The minimum Gasteiger partial charge on any atom is -0.307 e. The molecule has 0 aliphatic rings. The molecule has 2 aromatic heterocycles. The van der Waals surface area contributed by atoms with Crippen molar-refractivity contribution in [2.75, 3.05) is 10.7 Å². The zero-order chi connectivity index (χ0) is 13.0. The van der Waals surface area contributed by atoms with Gasteiger partial charge in [-0.1, -0.05) is 0 Å². The second kappa shape index (κ2) is 5.47. The molecule has 0 atom stereocenters. The van der Waals surface area contributed by atoms with Gasteiger partial charge in [0.25, 0.3) is 5.91 Å². The molecule has 2 heterocycles. The first-order chi connectivity index (χ1) is 8.69. The summed E-state index contributed by atoms with van der Waals surface area (Å²) in [4.78, 5) is 27.4. The first kappa shape index (κ1) is 12.3. The van der Waals surface area contributed by atoms with Crippen LogP contribution >= 0.6 is 15.9 Å². The lowest BCUT2D eigenvalue weighted by Gasteiger charge is -2.03. The number of hydrogen-bond acceptors (Lipinski definition) is 7. The van der Waals surface area contributed by atoms with Crippen molar-refractivity contribution in [2.24, 2.45) is 5.84 Å². The van der Waals surface area contributed by atoms with E-state index < -0.39 is 5.91 Å². The Morgan fingerprint density at radius 3 is 2.33 bits per heavy atom. The Labute approximate surface area is 110 Å². The average molecular weight is 310 g/mol. The van der Waals surface area contributed by atoms with Gasteiger partial charge in [0.2, 0.25) is 0 Å². The van der Waals surface area contributed by atoms with Gasteiger partial charge in [0.1, 0.15) is 10.3 Å². The van der Waals surface area contributed by atoms with Crippen LogP contribution in [0.25, 0.3) is 0 Å². The summed E-state index contributed by atoms with van der Waals surface area (Å²) in [5.41, 5.74) is 2.47. The molecule has 18 heavy (non-hydrogen) atoms. The summed E-state index contributed by atoms with van der Waals surface area (Å²) in [5.74, 6) is 5.41. The molecule has 0 spiro atoms. The number of amides is 1. The van der Waals surface area contributed by atoms with Gasteiger partial charge in [-0.05, 0) is 15.9 Å². The summed E-state index contributed by atoms with van der Waals surface area (Å²) in [7, 11) is 0. The van der Waals surface area contributed by atoms with E-state index in [1.54, 1.807) is 0 Å². The minimum absolute atomic E-state index is 0.152. The molecular formula is C9H8BrN7O. The van der Waals surface area contributed by atoms with Crippen molar-refractivity contribution >= 4 is 33.5 Å². The Morgan fingerprint density at radius 1 is 1.06 bits per heavy atom. The van der Waals surface area contributed by atoms with Gasteiger partial charge in [-0.15, -0.1) is 0 Å². The SMILES string of the molecule is NNc1cnc(C(=O)Nc2cnc(Br)cn2)cn1. The topological polar surface area (TPSA) is 119 Å². The number of nitrogens with two attached hydrogens (primary N) is 1. The normalized spacial score (nSPS) is 9.89. The molecular weight excluding hydrogens is 302 g/mol. The van der Waals surface area contributed by atoms with Crippen molar-refractivity contribution in [3.05, 3.63) is 35.1 Å². The maximum absolute atomic E-state index is 11.8. The van der Waals surface area contributed by atoms with E-state index in [1.165, 1.54) is 24.8 Å². The van der Waals surface area contributed by atoms with Gasteiger partial charge in [-0.3, -0.25) is 4.79 Å². The van der Waals surface area contributed by atoms with Crippen molar-refractivity contribution in [1.29, 1.82) is 0 Å². The Balaban J connectivity index is 2.09. The maximum atomic E-state index is 11.8. The van der Waals surface area contributed by atoms with Gasteiger partial charge in [-0.25, -0.2) is 25.8 Å². The lowest BCUT2D eigenvalue weighted by molar-refractivity contribution is 0.102. The molecule has 2 rings (SSSR count). The molecule has 8 nitrogen and oxygen atoms in total. The molecule has 0 unspecified atom stereocenters. The highest BCUT2D eigenvalue weighted by Crippen LogP contribution is 2.07. The fourth-order valence-corrected chi connectivity index (χ4v) is 1.28. The van der Waals surface area contributed by atoms with Gasteiger partial charge in [0, 0.05) is 0 Å². The predicted octanol–water partition coefficient (Wildman–Crippen LogP) is 0.567. The number of rotatable bonds is 3. The molecule has 0 saturated heterocycles. The highest BCUT2D eigenvalue weighted by molar-refractivity contribution is 9.10. The number of nitrogen functional groups attached to an aromatic ring is 1. The highest BCUT2D eigenvalue weighted by atomic mass is 79.9. The van der Waals surface area contributed by atoms with Gasteiger partial charge in [0.15, 0.2) is 11.6 Å². The quantitative estimate of drug-likeness (QED) is 0.560. The van der Waals surface area contributed by atoms with Crippen LogP contribution in [0.3, 0.4) is 0 Å². The van der Waals surface area contributed by atoms with Crippen LogP contribution in [-0.2, 0) is 0 Å². The van der Waals surface area contributed by atoms with Crippen LogP contribution in [0.1, 0.15) is 10.5 Å². The third kappa shape index (κ3) is 2.96. The van der Waals surface area contributed by atoms with E-state index in [1.807, 2.05) is 0 Å². The minimum atomic E-state index is -0.428. The second-order valence-electron chi connectivity index (χ2n) is 3.11. The van der Waals surface area contributed by atoms with Crippen molar-refractivity contribution in [3.63, 3.8) is 0 Å². The van der Waals surface area contributed by atoms with Crippen molar-refractivity contribution in [2.45, 2.75) is 0 Å². The number of halogens is 1. The number of nitrogens with one attached hydrogen (secondary N) is 2. The van der Waals surface area contributed by atoms with Crippen LogP contribution in [-0.4, -0.2) is 25.8 Å². The summed E-state index contributed by atoms with van der Waals surface area (Å²) in [5, 5.41) is 2.54. The van der Waals surface area contributed by atoms with Crippen LogP contribution in [0.2, 0.25) is 0 Å². The summed E-state index contributed by atoms with van der Waals surface area (Å²) >= 11 is 3.15. The van der Waals surface area contributed by atoms with E-state index in [0.717, 1.165) is 0 Å². The number of carbonyl (C=O) groups excluding carboxylic acids is 1. The number of anilines is 2. The van der Waals surface area contributed by atoms with Crippen molar-refractivity contribution < 1.29 is 4.79 Å². The number of hydrogen-bond donors (Lipinski definition) is 3. The number of aromatic nitrogens is 4. The van der Waals surface area contributed by atoms with Crippen LogP contribution in [0.5, 0.6) is 0 Å². The fraction of sp³-hybridized carbons (Fsp3) is 0. The standard InChI is InChI=1S/C9H8BrN7O/c10-6-2-15-7(3-13-6)16-9(18)5-1-14-8(17-11)4-12-5/h1-4H,11H2,(H,14,17)(H,15,16,18). The molecule has 92 valence electrons. The van der Waals surface area contributed by atoms with Gasteiger partial charge >= 0.3 is 0 Å². The van der Waals surface area contributed by atoms with Crippen LogP contribution < -0.4 is 16.6 Å². The average Bonchev–Trinajstić information content (AvgIpc) is 2.41. The Morgan fingerprint density at radius 2 is 1.78 bits per heavy atom. The van der Waals surface area contributed by atoms with Crippen LogP contribution in [0.4, 0.5) is 11.6 Å². The molecule has 0 fully saturated rings. The molecule has 0 radical (unpaired) electrons. The van der Waals surface area contributed by atoms with E-state index >= 15 is 0 Å². The zero-order valence-corrected chi connectivity index (χ0v) is 10.5. The van der Waals surface area contributed by atoms with E-state index in [9.17, 15) is 4.79 Å². The number of nitrogens with zero attached hydrogens (tertiary/aromatic N) is 4. The van der Waals surface area contributed by atoms with Crippen LogP contribution in [0, 0.1) is 0 Å². The van der Waals surface area contributed by atoms with Crippen molar-refractivity contribution in [3.8, 4) is 0 Å². The van der Waals surface area contributed by atoms with Crippen molar-refractivity contribution in [1.82, 2.24) is 19.9 Å². The largest absolute Gasteiger partial charge is 0.307 e. The van der Waals surface area contributed by atoms with Crippen LogP contribution in [0.15, 0.2) is 29.4 Å². The molecule has 0 aromatic carbocycles. The third-order valence-corrected chi connectivity index (χ3v) is 2.30. The third-order valence-electron chi connectivity index (χ3n) is 1.89. The summed E-state index contributed by atoms with van der Waals surface area (Å²) < 4.78 is 0.582. The molecule has 2 aromatic rings. The lowest BCUT2D eigenvalue weighted by atomic mass is 10.4. The summed E-state index contributed by atoms with van der Waals surface area (Å²) in [6.45, 7) is 0. The van der Waals surface area contributed by atoms with E-state index in [0.29, 0.717) is 16.2 Å². The summed E-state index contributed by atoms with van der Waals surface area (Å²) in [6, 6.07) is 0. The Hall–Kier alpha value is -2.13. The van der Waals surface area contributed by atoms with E-state index in [-0.39, 0.29) is 5.69 Å². The first-order valence-electron chi connectivity index (χ1n) is 4.76. The Bertz CT molecular complexity index is 542. The number of hydrazine groups is 1. The molecule has 1 amide bonds. The molecule has 0 aliphatic carbocycles. The number of carbonyl (C=O) groups is 1. The van der Waals surface area contributed by atoms with Gasteiger partial charge in [0.05, 0.1) is 24.8 Å². The molecule has 0 aliphatic heterocycles. The first-order valence-corrected chi connectivity index (χ1v) is 5.56. The predicted molar refractivity (Wildman–Crippen MR) is 67.5 cm³/mol. The van der Waals surface area contributed by atoms with Gasteiger partial charge < -0.3 is 10.7 Å².